The Morgan fingerprint density at radius 2 is 2.42 bits per heavy atom. The van der Waals surface area contributed by atoms with E-state index in [9.17, 15) is 4.79 Å². The molecule has 0 saturated carbocycles. The van der Waals surface area contributed by atoms with Gasteiger partial charge in [0.15, 0.2) is 0 Å². The molecule has 1 aromatic rings. The van der Waals surface area contributed by atoms with Crippen molar-refractivity contribution in [3.63, 3.8) is 0 Å². The molecule has 1 fully saturated rings. The number of hydrogen-bond donors (Lipinski definition) is 2. The van der Waals surface area contributed by atoms with E-state index in [1.165, 1.54) is 6.07 Å². The molecule has 1 aromatic carbocycles. The molecular formula is C13H17ClN2O3. The molecular weight excluding hydrogens is 268 g/mol. The lowest BCUT2D eigenvalue weighted by atomic mass is 10.2. The van der Waals surface area contributed by atoms with Crippen LogP contribution in [0.5, 0.6) is 0 Å². The number of nitrogens with zero attached hydrogens (tertiary/aromatic N) is 1. The summed E-state index contributed by atoms with van der Waals surface area (Å²) in [7, 11) is 2.06. The molecule has 104 valence electrons. The van der Waals surface area contributed by atoms with E-state index < -0.39 is 5.97 Å². The SMILES string of the molecule is CN1CCOC(CNc2ccc(C(=O)O)c(Cl)c2)C1. The van der Waals surface area contributed by atoms with Gasteiger partial charge in [0.05, 0.1) is 23.3 Å². The van der Waals surface area contributed by atoms with Crippen LogP contribution in [0, 0.1) is 0 Å². The topological polar surface area (TPSA) is 61.8 Å². The van der Waals surface area contributed by atoms with Gasteiger partial charge in [0.2, 0.25) is 0 Å². The van der Waals surface area contributed by atoms with Gasteiger partial charge in [-0.1, -0.05) is 11.6 Å². The maximum atomic E-state index is 10.8. The minimum absolute atomic E-state index is 0.112. The Morgan fingerprint density at radius 3 is 3.05 bits per heavy atom. The van der Waals surface area contributed by atoms with Crippen LogP contribution in [0.25, 0.3) is 0 Å². The standard InChI is InChI=1S/C13H17ClN2O3/c1-16-4-5-19-10(8-16)7-15-9-2-3-11(13(17)18)12(14)6-9/h2-3,6,10,15H,4-5,7-8H2,1H3,(H,17,18). The molecule has 1 atom stereocenters. The van der Waals surface area contributed by atoms with Gasteiger partial charge in [-0.2, -0.15) is 0 Å². The number of likely N-dealkylation sites (N-methyl/N-ethyl adjacent to an activating group) is 1. The van der Waals surface area contributed by atoms with Gasteiger partial charge < -0.3 is 20.1 Å². The van der Waals surface area contributed by atoms with E-state index in [-0.39, 0.29) is 16.7 Å². The number of aromatic carboxylic acids is 1. The van der Waals surface area contributed by atoms with Crippen molar-refractivity contribution >= 4 is 23.3 Å². The van der Waals surface area contributed by atoms with Gasteiger partial charge in [-0.15, -0.1) is 0 Å². The van der Waals surface area contributed by atoms with Gasteiger partial charge in [0.25, 0.3) is 0 Å². The highest BCUT2D eigenvalue weighted by Crippen LogP contribution is 2.21. The van der Waals surface area contributed by atoms with Crippen LogP contribution in [0.1, 0.15) is 10.4 Å². The van der Waals surface area contributed by atoms with E-state index in [0.29, 0.717) is 6.54 Å². The van der Waals surface area contributed by atoms with Crippen molar-refractivity contribution in [2.75, 3.05) is 38.6 Å². The maximum Gasteiger partial charge on any atom is 0.337 e. The first kappa shape index (κ1) is 14.1. The van der Waals surface area contributed by atoms with Crippen molar-refractivity contribution in [1.29, 1.82) is 0 Å². The Labute approximate surface area is 117 Å². The first-order valence-electron chi connectivity index (χ1n) is 6.13. The zero-order valence-electron chi connectivity index (χ0n) is 10.7. The van der Waals surface area contributed by atoms with Gasteiger partial charge in [0, 0.05) is 25.3 Å². The molecule has 0 aromatic heterocycles. The summed E-state index contributed by atoms with van der Waals surface area (Å²) < 4.78 is 5.63. The van der Waals surface area contributed by atoms with E-state index >= 15 is 0 Å². The summed E-state index contributed by atoms with van der Waals surface area (Å²) in [6, 6.07) is 4.83. The number of benzene rings is 1. The molecule has 1 unspecified atom stereocenters. The number of nitrogens with one attached hydrogen (secondary N) is 1. The Hall–Kier alpha value is -1.30. The van der Waals surface area contributed by atoms with Crippen molar-refractivity contribution in [2.45, 2.75) is 6.10 Å². The summed E-state index contributed by atoms with van der Waals surface area (Å²) in [4.78, 5) is 13.1. The van der Waals surface area contributed by atoms with Crippen LogP contribution < -0.4 is 5.32 Å². The molecule has 2 rings (SSSR count). The predicted octanol–water partition coefficient (Wildman–Crippen LogP) is 1.78. The molecule has 1 aliphatic rings. The largest absolute Gasteiger partial charge is 0.478 e. The molecule has 2 N–H and O–H groups in total. The number of carbonyl (C=O) groups is 1. The van der Waals surface area contributed by atoms with Crippen LogP contribution in [0.3, 0.4) is 0 Å². The summed E-state index contributed by atoms with van der Waals surface area (Å²) >= 11 is 5.91. The summed E-state index contributed by atoms with van der Waals surface area (Å²) in [5.41, 5.74) is 0.910. The first-order valence-corrected chi connectivity index (χ1v) is 6.51. The number of carboxylic acid groups (broad SMARTS) is 1. The van der Waals surface area contributed by atoms with Crippen molar-refractivity contribution in [1.82, 2.24) is 4.90 Å². The highest BCUT2D eigenvalue weighted by molar-refractivity contribution is 6.33. The number of ether oxygens (including phenoxy) is 1. The predicted molar refractivity (Wildman–Crippen MR) is 74.1 cm³/mol. The van der Waals surface area contributed by atoms with Crippen LogP contribution >= 0.6 is 11.6 Å². The molecule has 6 heteroatoms. The van der Waals surface area contributed by atoms with Crippen molar-refractivity contribution < 1.29 is 14.6 Å². The molecule has 1 saturated heterocycles. The van der Waals surface area contributed by atoms with Crippen LogP contribution in [0.2, 0.25) is 5.02 Å². The molecule has 5 nitrogen and oxygen atoms in total. The highest BCUT2D eigenvalue weighted by Gasteiger charge is 2.17. The van der Waals surface area contributed by atoms with Crippen LogP contribution in [0.15, 0.2) is 18.2 Å². The number of rotatable bonds is 4. The molecule has 19 heavy (non-hydrogen) atoms. The highest BCUT2D eigenvalue weighted by atomic mass is 35.5. The van der Waals surface area contributed by atoms with Crippen molar-refractivity contribution in [3.8, 4) is 0 Å². The van der Waals surface area contributed by atoms with E-state index in [4.69, 9.17) is 21.4 Å². The minimum atomic E-state index is -1.02. The Kier molecular flexibility index (Phi) is 4.63. The van der Waals surface area contributed by atoms with Gasteiger partial charge in [-0.05, 0) is 25.2 Å². The van der Waals surface area contributed by atoms with E-state index in [0.717, 1.165) is 25.4 Å². The van der Waals surface area contributed by atoms with E-state index in [1.807, 2.05) is 0 Å². The normalized spacial score (nSPS) is 20.2. The molecule has 0 spiro atoms. The second-order valence-corrected chi connectivity index (χ2v) is 5.04. The van der Waals surface area contributed by atoms with Crippen LogP contribution in [-0.2, 0) is 4.74 Å². The number of carboxylic acids is 1. The van der Waals surface area contributed by atoms with E-state index in [1.54, 1.807) is 12.1 Å². The zero-order valence-corrected chi connectivity index (χ0v) is 11.5. The fraction of sp³-hybridized carbons (Fsp3) is 0.462. The van der Waals surface area contributed by atoms with Crippen molar-refractivity contribution in [3.05, 3.63) is 28.8 Å². The Morgan fingerprint density at radius 1 is 1.63 bits per heavy atom. The van der Waals surface area contributed by atoms with Gasteiger partial charge in [-0.25, -0.2) is 4.79 Å². The number of halogens is 1. The smallest absolute Gasteiger partial charge is 0.337 e. The maximum absolute atomic E-state index is 10.8. The molecule has 0 aliphatic carbocycles. The lowest BCUT2D eigenvalue weighted by molar-refractivity contribution is -0.0117. The van der Waals surface area contributed by atoms with Gasteiger partial charge >= 0.3 is 5.97 Å². The Balaban J connectivity index is 1.92. The van der Waals surface area contributed by atoms with Gasteiger partial charge in [-0.3, -0.25) is 0 Å². The third-order valence-electron chi connectivity index (χ3n) is 3.08. The minimum Gasteiger partial charge on any atom is -0.478 e. The Bertz CT molecular complexity index is 467. The average molecular weight is 285 g/mol. The fourth-order valence-electron chi connectivity index (χ4n) is 2.02. The third kappa shape index (κ3) is 3.83. The second-order valence-electron chi connectivity index (χ2n) is 4.64. The van der Waals surface area contributed by atoms with Crippen molar-refractivity contribution in [2.24, 2.45) is 0 Å². The third-order valence-corrected chi connectivity index (χ3v) is 3.39. The molecule has 1 aliphatic heterocycles. The fourth-order valence-corrected chi connectivity index (χ4v) is 2.28. The summed E-state index contributed by atoms with van der Waals surface area (Å²) in [6.45, 7) is 3.25. The molecule has 0 amide bonds. The summed E-state index contributed by atoms with van der Waals surface area (Å²) in [6.07, 6.45) is 0.136. The summed E-state index contributed by atoms with van der Waals surface area (Å²) in [5, 5.41) is 12.3. The average Bonchev–Trinajstić information content (AvgIpc) is 2.36. The summed E-state index contributed by atoms with van der Waals surface area (Å²) in [5.74, 6) is -1.02. The number of hydrogen-bond acceptors (Lipinski definition) is 4. The van der Waals surface area contributed by atoms with Crippen LogP contribution in [-0.4, -0.2) is 55.4 Å². The van der Waals surface area contributed by atoms with E-state index in [2.05, 4.69) is 17.3 Å². The number of morpholine rings is 1. The lowest BCUT2D eigenvalue weighted by Gasteiger charge is -2.30. The number of anilines is 1. The quantitative estimate of drug-likeness (QED) is 0.882. The monoisotopic (exact) mass is 284 g/mol. The molecule has 0 radical (unpaired) electrons. The zero-order chi connectivity index (χ0) is 13.8. The lowest BCUT2D eigenvalue weighted by Crippen LogP contribution is -2.43. The first-order chi connectivity index (χ1) is 9.06. The second kappa shape index (κ2) is 6.23. The molecule has 1 heterocycles. The molecule has 0 bridgehead atoms. The van der Waals surface area contributed by atoms with Crippen LogP contribution in [0.4, 0.5) is 5.69 Å². The van der Waals surface area contributed by atoms with Gasteiger partial charge in [0.1, 0.15) is 0 Å².